The van der Waals surface area contributed by atoms with Gasteiger partial charge in [0.2, 0.25) is 0 Å². The summed E-state index contributed by atoms with van der Waals surface area (Å²) < 4.78 is 53.6. The molecule has 26 heavy (non-hydrogen) atoms. The van der Waals surface area contributed by atoms with Crippen LogP contribution in [0.25, 0.3) is 0 Å². The molecule has 9 heteroatoms. The second kappa shape index (κ2) is 9.12. The fraction of sp³-hybridized carbons (Fsp3) is 0.412. The van der Waals surface area contributed by atoms with Gasteiger partial charge in [0.25, 0.3) is 0 Å². The number of benzene rings is 1. The number of ether oxygens (including phenoxy) is 3. The molecule has 0 atom stereocenters. The quantitative estimate of drug-likeness (QED) is 0.582. The summed E-state index contributed by atoms with van der Waals surface area (Å²) in [5.41, 5.74) is -1.45. The molecule has 0 unspecified atom stereocenters. The van der Waals surface area contributed by atoms with Crippen LogP contribution in [0.2, 0.25) is 0 Å². The lowest BCUT2D eigenvalue weighted by Crippen LogP contribution is -2.16. The summed E-state index contributed by atoms with van der Waals surface area (Å²) in [6.45, 7) is 3.91. The van der Waals surface area contributed by atoms with E-state index in [0.29, 0.717) is 0 Å². The Labute approximate surface area is 148 Å². The zero-order chi connectivity index (χ0) is 19.9. The molecule has 0 saturated heterocycles. The molecule has 0 spiro atoms. The maximum Gasteiger partial charge on any atom is 0.416 e. The van der Waals surface area contributed by atoms with Crippen LogP contribution >= 0.6 is 0 Å². The van der Waals surface area contributed by atoms with E-state index in [1.54, 1.807) is 0 Å². The number of alkyl halides is 3. The summed E-state index contributed by atoms with van der Waals surface area (Å²) in [6, 6.07) is 2.93. The fourth-order valence-electron chi connectivity index (χ4n) is 1.77. The molecule has 0 saturated carbocycles. The van der Waals surface area contributed by atoms with Gasteiger partial charge in [-0.05, 0) is 18.1 Å². The zero-order valence-corrected chi connectivity index (χ0v) is 14.8. The van der Waals surface area contributed by atoms with Gasteiger partial charge in [-0.2, -0.15) is 13.2 Å². The maximum atomic E-state index is 13.1. The smallest absolute Gasteiger partial charge is 0.416 e. The van der Waals surface area contributed by atoms with Gasteiger partial charge in [-0.3, -0.25) is 0 Å². The van der Waals surface area contributed by atoms with Gasteiger partial charge in [0.05, 0.1) is 32.5 Å². The van der Waals surface area contributed by atoms with Crippen LogP contribution in [0.3, 0.4) is 0 Å². The van der Waals surface area contributed by atoms with Crippen LogP contribution in [0.5, 0.6) is 5.75 Å². The first-order chi connectivity index (χ1) is 12.1. The van der Waals surface area contributed by atoms with Crippen molar-refractivity contribution in [1.82, 2.24) is 0 Å². The largest absolute Gasteiger partial charge is 0.493 e. The highest BCUT2D eigenvalue weighted by atomic mass is 19.4. The SMILES string of the molecule is COC(=O)/C=C(/Nc1cc(OCC(C)C)cc(C(F)(F)F)c1)C(=O)OC. The number of hydrogen-bond donors (Lipinski definition) is 1. The molecule has 1 rings (SSSR count). The van der Waals surface area contributed by atoms with Crippen molar-refractivity contribution in [1.29, 1.82) is 0 Å². The van der Waals surface area contributed by atoms with Crippen LogP contribution in [0.15, 0.2) is 30.0 Å². The van der Waals surface area contributed by atoms with Gasteiger partial charge in [-0.15, -0.1) is 0 Å². The number of halogens is 3. The van der Waals surface area contributed by atoms with Gasteiger partial charge < -0.3 is 19.5 Å². The molecule has 0 aliphatic heterocycles. The average molecular weight is 375 g/mol. The summed E-state index contributed by atoms with van der Waals surface area (Å²) in [5.74, 6) is -1.75. The predicted octanol–water partition coefficient (Wildman–Crippen LogP) is 3.38. The summed E-state index contributed by atoms with van der Waals surface area (Å²) in [6.07, 6.45) is -3.84. The van der Waals surface area contributed by atoms with Crippen LogP contribution in [0.1, 0.15) is 19.4 Å². The van der Waals surface area contributed by atoms with Gasteiger partial charge in [0.1, 0.15) is 11.4 Å². The predicted molar refractivity (Wildman–Crippen MR) is 87.5 cm³/mol. The first-order valence-electron chi connectivity index (χ1n) is 7.57. The molecule has 1 N–H and O–H groups in total. The van der Waals surface area contributed by atoms with Crippen molar-refractivity contribution in [2.24, 2.45) is 5.92 Å². The molecule has 0 aliphatic carbocycles. The summed E-state index contributed by atoms with van der Waals surface area (Å²) >= 11 is 0. The van der Waals surface area contributed by atoms with Crippen molar-refractivity contribution in [2.45, 2.75) is 20.0 Å². The van der Waals surface area contributed by atoms with E-state index in [-0.39, 0.29) is 29.7 Å². The topological polar surface area (TPSA) is 73.9 Å². The highest BCUT2D eigenvalue weighted by Crippen LogP contribution is 2.34. The van der Waals surface area contributed by atoms with Gasteiger partial charge in [0.15, 0.2) is 0 Å². The molecule has 0 bridgehead atoms. The molecule has 0 heterocycles. The minimum absolute atomic E-state index is 0.0293. The number of anilines is 1. The number of carbonyl (C=O) groups is 2. The summed E-state index contributed by atoms with van der Waals surface area (Å²) in [5, 5.41) is 2.44. The molecule has 0 aromatic heterocycles. The minimum Gasteiger partial charge on any atom is -0.493 e. The van der Waals surface area contributed by atoms with Crippen molar-refractivity contribution < 1.29 is 37.0 Å². The van der Waals surface area contributed by atoms with Gasteiger partial charge in [-0.25, -0.2) is 9.59 Å². The number of hydrogen-bond acceptors (Lipinski definition) is 6. The Morgan fingerprint density at radius 3 is 2.31 bits per heavy atom. The molecule has 1 aromatic carbocycles. The molecule has 1 aromatic rings. The molecule has 144 valence electrons. The molecule has 0 radical (unpaired) electrons. The Hall–Kier alpha value is -2.71. The fourth-order valence-corrected chi connectivity index (χ4v) is 1.77. The first-order valence-corrected chi connectivity index (χ1v) is 7.57. The van der Waals surface area contributed by atoms with Crippen LogP contribution in [-0.2, 0) is 25.2 Å². The molecule has 0 fully saturated rings. The van der Waals surface area contributed by atoms with Gasteiger partial charge in [0, 0.05) is 11.8 Å². The van der Waals surface area contributed by atoms with E-state index in [4.69, 9.17) is 4.74 Å². The summed E-state index contributed by atoms with van der Waals surface area (Å²) in [4.78, 5) is 23.1. The lowest BCUT2D eigenvalue weighted by atomic mass is 10.1. The molecular formula is C17H20F3NO5. The van der Waals surface area contributed by atoms with Crippen molar-refractivity contribution in [2.75, 3.05) is 26.1 Å². The Morgan fingerprint density at radius 1 is 1.15 bits per heavy atom. The Morgan fingerprint density at radius 2 is 1.81 bits per heavy atom. The van der Waals surface area contributed by atoms with E-state index in [2.05, 4.69) is 14.8 Å². The minimum atomic E-state index is -4.62. The third kappa shape index (κ3) is 6.66. The van der Waals surface area contributed by atoms with Crippen molar-refractivity contribution in [3.8, 4) is 5.75 Å². The third-order valence-corrected chi connectivity index (χ3v) is 2.96. The van der Waals surface area contributed by atoms with E-state index in [1.807, 2.05) is 13.8 Å². The second-order valence-corrected chi connectivity index (χ2v) is 5.65. The number of carbonyl (C=O) groups excluding carboxylic acids is 2. The number of rotatable bonds is 7. The van der Waals surface area contributed by atoms with Crippen LogP contribution in [-0.4, -0.2) is 32.8 Å². The van der Waals surface area contributed by atoms with Crippen LogP contribution in [0.4, 0.5) is 18.9 Å². The molecule has 0 amide bonds. The second-order valence-electron chi connectivity index (χ2n) is 5.65. The molecule has 0 aliphatic rings. The van der Waals surface area contributed by atoms with Crippen molar-refractivity contribution >= 4 is 17.6 Å². The number of nitrogens with one attached hydrogen (secondary N) is 1. The van der Waals surface area contributed by atoms with E-state index in [0.717, 1.165) is 32.4 Å². The Kier molecular flexibility index (Phi) is 7.48. The molecule has 6 nitrogen and oxygen atoms in total. The van der Waals surface area contributed by atoms with Gasteiger partial charge in [-0.1, -0.05) is 13.8 Å². The number of esters is 2. The maximum absolute atomic E-state index is 13.1. The zero-order valence-electron chi connectivity index (χ0n) is 14.8. The lowest BCUT2D eigenvalue weighted by molar-refractivity contribution is -0.138. The standard InChI is InChI=1S/C17H20F3NO5/c1-10(2)9-26-13-6-11(17(18,19)20)5-12(7-13)21-14(16(23)25-4)8-15(22)24-3/h5-8,10,21H,9H2,1-4H3/b14-8+. The highest BCUT2D eigenvalue weighted by Gasteiger charge is 2.31. The Bertz CT molecular complexity index is 683. The lowest BCUT2D eigenvalue weighted by Gasteiger charge is -2.16. The van der Waals surface area contributed by atoms with E-state index < -0.39 is 23.7 Å². The summed E-state index contributed by atoms with van der Waals surface area (Å²) in [7, 11) is 2.16. The van der Waals surface area contributed by atoms with Crippen molar-refractivity contribution in [3.05, 3.63) is 35.5 Å². The highest BCUT2D eigenvalue weighted by molar-refractivity contribution is 5.98. The van der Waals surface area contributed by atoms with Crippen molar-refractivity contribution in [3.63, 3.8) is 0 Å². The van der Waals surface area contributed by atoms with Gasteiger partial charge >= 0.3 is 18.1 Å². The van der Waals surface area contributed by atoms with E-state index >= 15 is 0 Å². The van der Waals surface area contributed by atoms with Crippen LogP contribution < -0.4 is 10.1 Å². The third-order valence-electron chi connectivity index (χ3n) is 2.96. The molecular weight excluding hydrogens is 355 g/mol. The Balaban J connectivity index is 3.26. The van der Waals surface area contributed by atoms with E-state index in [9.17, 15) is 22.8 Å². The normalized spacial score (nSPS) is 11.9. The first kappa shape index (κ1) is 21.3. The van der Waals surface area contributed by atoms with Crippen LogP contribution in [0, 0.1) is 5.92 Å². The number of methoxy groups -OCH3 is 2. The van der Waals surface area contributed by atoms with E-state index in [1.165, 1.54) is 6.07 Å². The average Bonchev–Trinajstić information content (AvgIpc) is 2.57. The monoisotopic (exact) mass is 375 g/mol.